The van der Waals surface area contributed by atoms with Crippen molar-refractivity contribution in [2.45, 2.75) is 52.9 Å². The van der Waals surface area contributed by atoms with Gasteiger partial charge in [-0.25, -0.2) is 9.67 Å². The molecule has 1 aromatic carbocycles. The quantitative estimate of drug-likeness (QED) is 0.580. The van der Waals surface area contributed by atoms with E-state index in [2.05, 4.69) is 61.7 Å². The molecular formula is C21H30N4O. The van der Waals surface area contributed by atoms with Gasteiger partial charge in [0.2, 0.25) is 5.88 Å². The van der Waals surface area contributed by atoms with Gasteiger partial charge in [0, 0.05) is 31.6 Å². The number of aromatic nitrogens is 2. The Morgan fingerprint density at radius 3 is 2.38 bits per heavy atom. The Balaban J connectivity index is 1.81. The number of benzene rings is 1. The third-order valence-electron chi connectivity index (χ3n) is 4.81. The van der Waals surface area contributed by atoms with Gasteiger partial charge in [-0.15, -0.1) is 0 Å². The number of aliphatic imine (C=N–C) groups is 1. The zero-order valence-electron chi connectivity index (χ0n) is 16.8. The SMILES string of the molecule is Cc1cc(Oc2cc(C(C)(C)C)nn2C)c(C)cc1/N=C/N1CCCC1. The number of rotatable bonds is 4. The molecule has 1 aliphatic heterocycles. The second-order valence-corrected chi connectivity index (χ2v) is 8.24. The molecule has 0 radical (unpaired) electrons. The van der Waals surface area contributed by atoms with E-state index >= 15 is 0 Å². The van der Waals surface area contributed by atoms with E-state index in [1.165, 1.54) is 12.8 Å². The van der Waals surface area contributed by atoms with E-state index in [1.807, 2.05) is 19.5 Å². The highest BCUT2D eigenvalue weighted by Crippen LogP contribution is 2.33. The first-order valence-corrected chi connectivity index (χ1v) is 9.36. The van der Waals surface area contributed by atoms with Crippen LogP contribution in [0.3, 0.4) is 0 Å². The normalized spacial score (nSPS) is 15.2. The lowest BCUT2D eigenvalue weighted by molar-refractivity contribution is 0.427. The first-order valence-electron chi connectivity index (χ1n) is 9.36. The number of hydrogen-bond acceptors (Lipinski definition) is 3. The van der Waals surface area contributed by atoms with Crippen LogP contribution in [0, 0.1) is 13.8 Å². The second kappa shape index (κ2) is 7.14. The van der Waals surface area contributed by atoms with Crippen molar-refractivity contribution in [3.63, 3.8) is 0 Å². The summed E-state index contributed by atoms with van der Waals surface area (Å²) in [4.78, 5) is 6.96. The number of nitrogens with zero attached hydrogens (tertiary/aromatic N) is 4. The molecule has 1 aliphatic rings. The summed E-state index contributed by atoms with van der Waals surface area (Å²) in [7, 11) is 1.92. The smallest absolute Gasteiger partial charge is 0.217 e. The Bertz CT molecular complexity index is 808. The highest BCUT2D eigenvalue weighted by molar-refractivity contribution is 5.65. The molecule has 140 valence electrons. The summed E-state index contributed by atoms with van der Waals surface area (Å²) >= 11 is 0. The predicted molar refractivity (Wildman–Crippen MR) is 107 cm³/mol. The van der Waals surface area contributed by atoms with Gasteiger partial charge < -0.3 is 9.64 Å². The van der Waals surface area contributed by atoms with E-state index < -0.39 is 0 Å². The van der Waals surface area contributed by atoms with E-state index in [0.717, 1.165) is 47.2 Å². The zero-order chi connectivity index (χ0) is 18.9. The summed E-state index contributed by atoms with van der Waals surface area (Å²) in [5.74, 6) is 1.61. The van der Waals surface area contributed by atoms with Gasteiger partial charge in [-0.3, -0.25) is 0 Å². The van der Waals surface area contributed by atoms with Gasteiger partial charge in [0.1, 0.15) is 5.75 Å². The van der Waals surface area contributed by atoms with Gasteiger partial charge in [-0.05, 0) is 49.9 Å². The van der Waals surface area contributed by atoms with Crippen LogP contribution in [0.5, 0.6) is 11.6 Å². The fraction of sp³-hybridized carbons (Fsp3) is 0.524. The largest absolute Gasteiger partial charge is 0.439 e. The molecule has 3 rings (SSSR count). The summed E-state index contributed by atoms with van der Waals surface area (Å²) in [6, 6.07) is 6.18. The van der Waals surface area contributed by atoms with Gasteiger partial charge in [-0.2, -0.15) is 5.10 Å². The standard InChI is InChI=1S/C21H30N4O/c1-15-12-18(26-20-13-19(21(3,4)5)23-24(20)6)16(2)11-17(15)22-14-25-9-7-8-10-25/h11-14H,7-10H2,1-6H3/b22-14+. The topological polar surface area (TPSA) is 42.6 Å². The second-order valence-electron chi connectivity index (χ2n) is 8.24. The maximum absolute atomic E-state index is 6.17. The molecule has 2 heterocycles. The van der Waals surface area contributed by atoms with Crippen LogP contribution in [0.1, 0.15) is 50.4 Å². The highest BCUT2D eigenvalue weighted by atomic mass is 16.5. The summed E-state index contributed by atoms with van der Waals surface area (Å²) < 4.78 is 7.97. The van der Waals surface area contributed by atoms with Crippen molar-refractivity contribution in [3.8, 4) is 11.6 Å². The molecule has 0 unspecified atom stereocenters. The Labute approximate surface area is 156 Å². The Kier molecular flexibility index (Phi) is 5.08. The molecule has 0 aliphatic carbocycles. The van der Waals surface area contributed by atoms with Crippen molar-refractivity contribution >= 4 is 12.0 Å². The molecule has 0 spiro atoms. The van der Waals surface area contributed by atoms with Crippen LogP contribution in [0.25, 0.3) is 0 Å². The maximum Gasteiger partial charge on any atom is 0.217 e. The number of ether oxygens (including phenoxy) is 1. The van der Waals surface area contributed by atoms with Crippen molar-refractivity contribution in [2.24, 2.45) is 12.0 Å². The monoisotopic (exact) mass is 354 g/mol. The molecule has 0 amide bonds. The molecule has 5 nitrogen and oxygen atoms in total. The molecule has 1 saturated heterocycles. The van der Waals surface area contributed by atoms with Crippen LogP contribution in [0.2, 0.25) is 0 Å². The van der Waals surface area contributed by atoms with E-state index in [4.69, 9.17) is 4.74 Å². The molecule has 0 bridgehead atoms. The number of aryl methyl sites for hydroxylation is 3. The first kappa shape index (κ1) is 18.5. The number of hydrogen-bond donors (Lipinski definition) is 0. The van der Waals surface area contributed by atoms with Gasteiger partial charge in [0.25, 0.3) is 0 Å². The highest BCUT2D eigenvalue weighted by Gasteiger charge is 2.20. The molecule has 0 N–H and O–H groups in total. The predicted octanol–water partition coefficient (Wildman–Crippen LogP) is 4.88. The molecule has 26 heavy (non-hydrogen) atoms. The molecule has 0 atom stereocenters. The van der Waals surface area contributed by atoms with Crippen molar-refractivity contribution in [1.82, 2.24) is 14.7 Å². The molecule has 1 aromatic heterocycles. The van der Waals surface area contributed by atoms with Crippen LogP contribution < -0.4 is 4.74 Å². The van der Waals surface area contributed by atoms with E-state index in [9.17, 15) is 0 Å². The molecule has 5 heteroatoms. The summed E-state index contributed by atoms with van der Waals surface area (Å²) in [5.41, 5.74) is 4.21. The van der Waals surface area contributed by atoms with Gasteiger partial charge in [0.15, 0.2) is 0 Å². The van der Waals surface area contributed by atoms with Crippen molar-refractivity contribution in [1.29, 1.82) is 0 Å². The van der Waals surface area contributed by atoms with Crippen LogP contribution in [0.4, 0.5) is 5.69 Å². The lowest BCUT2D eigenvalue weighted by atomic mass is 9.93. The van der Waals surface area contributed by atoms with Crippen LogP contribution >= 0.6 is 0 Å². The summed E-state index contributed by atoms with van der Waals surface area (Å²) in [6.07, 6.45) is 4.50. The van der Waals surface area contributed by atoms with Crippen molar-refractivity contribution in [2.75, 3.05) is 13.1 Å². The first-order chi connectivity index (χ1) is 12.2. The van der Waals surface area contributed by atoms with Crippen LogP contribution in [-0.4, -0.2) is 34.1 Å². The van der Waals surface area contributed by atoms with E-state index in [-0.39, 0.29) is 5.41 Å². The van der Waals surface area contributed by atoms with Crippen LogP contribution in [-0.2, 0) is 12.5 Å². The number of likely N-dealkylation sites (tertiary alicyclic amines) is 1. The average molecular weight is 354 g/mol. The van der Waals surface area contributed by atoms with E-state index in [1.54, 1.807) is 4.68 Å². The van der Waals surface area contributed by atoms with E-state index in [0.29, 0.717) is 0 Å². The third kappa shape index (κ3) is 4.09. The Morgan fingerprint density at radius 1 is 1.08 bits per heavy atom. The lowest BCUT2D eigenvalue weighted by Crippen LogP contribution is -2.16. The van der Waals surface area contributed by atoms with Crippen LogP contribution in [0.15, 0.2) is 23.2 Å². The summed E-state index contributed by atoms with van der Waals surface area (Å²) in [6.45, 7) is 12.8. The Hall–Kier alpha value is -2.30. The Morgan fingerprint density at radius 2 is 1.77 bits per heavy atom. The minimum absolute atomic E-state index is 0.00151. The molecule has 0 saturated carbocycles. The summed E-state index contributed by atoms with van der Waals surface area (Å²) in [5, 5.41) is 4.58. The lowest BCUT2D eigenvalue weighted by Gasteiger charge is -2.13. The molecular weight excluding hydrogens is 324 g/mol. The minimum Gasteiger partial charge on any atom is -0.439 e. The zero-order valence-corrected chi connectivity index (χ0v) is 16.8. The van der Waals surface area contributed by atoms with Crippen molar-refractivity contribution < 1.29 is 4.74 Å². The van der Waals surface area contributed by atoms with Gasteiger partial charge in [0.05, 0.1) is 17.7 Å². The molecule has 2 aromatic rings. The third-order valence-corrected chi connectivity index (χ3v) is 4.81. The van der Waals surface area contributed by atoms with Gasteiger partial charge in [-0.1, -0.05) is 20.8 Å². The maximum atomic E-state index is 6.17. The average Bonchev–Trinajstić information content (AvgIpc) is 3.19. The fourth-order valence-corrected chi connectivity index (χ4v) is 3.05. The van der Waals surface area contributed by atoms with Gasteiger partial charge >= 0.3 is 0 Å². The molecule has 1 fully saturated rings. The van der Waals surface area contributed by atoms with Crippen molar-refractivity contribution in [3.05, 3.63) is 35.0 Å². The minimum atomic E-state index is -0.00151. The fourth-order valence-electron chi connectivity index (χ4n) is 3.05.